The highest BCUT2D eigenvalue weighted by Crippen LogP contribution is 2.27. The molecule has 0 N–H and O–H groups in total. The first-order valence-electron chi connectivity index (χ1n) is 4.98. The fourth-order valence-corrected chi connectivity index (χ4v) is 1.80. The predicted octanol–water partition coefficient (Wildman–Crippen LogP) is 1.94. The highest BCUT2D eigenvalue weighted by atomic mass is 16.6. The van der Waals surface area contributed by atoms with E-state index in [1.54, 1.807) is 0 Å². The summed E-state index contributed by atoms with van der Waals surface area (Å²) in [6, 6.07) is 7.74. The number of carbonyl (C=O) groups excluding carboxylic acids is 2. The molecule has 0 amide bonds. The van der Waals surface area contributed by atoms with E-state index in [1.807, 2.05) is 31.2 Å². The predicted molar refractivity (Wildman–Crippen MR) is 54.3 cm³/mol. The van der Waals surface area contributed by atoms with Crippen LogP contribution in [0.3, 0.4) is 0 Å². The van der Waals surface area contributed by atoms with Gasteiger partial charge in [-0.1, -0.05) is 29.8 Å². The molecule has 15 heavy (non-hydrogen) atoms. The average Bonchev–Trinajstić information content (AvgIpc) is 2.17. The molecule has 3 heteroatoms. The van der Waals surface area contributed by atoms with E-state index in [2.05, 4.69) is 4.74 Å². The van der Waals surface area contributed by atoms with E-state index < -0.39 is 11.9 Å². The van der Waals surface area contributed by atoms with Gasteiger partial charge in [0.25, 0.3) is 0 Å². The quantitative estimate of drug-likeness (QED) is 0.518. The van der Waals surface area contributed by atoms with Gasteiger partial charge < -0.3 is 4.74 Å². The van der Waals surface area contributed by atoms with Crippen molar-refractivity contribution < 1.29 is 14.3 Å². The Morgan fingerprint density at radius 2 is 2.13 bits per heavy atom. The van der Waals surface area contributed by atoms with Gasteiger partial charge in [0, 0.05) is 6.42 Å². The maximum atomic E-state index is 11.5. The summed E-state index contributed by atoms with van der Waals surface area (Å²) in [5, 5.41) is 0. The number of ether oxygens (including phenoxy) is 1. The van der Waals surface area contributed by atoms with E-state index in [4.69, 9.17) is 0 Å². The lowest BCUT2D eigenvalue weighted by Gasteiger charge is -2.19. The Hall–Kier alpha value is -1.64. The number of cyclic esters (lactones) is 2. The van der Waals surface area contributed by atoms with Gasteiger partial charge in [-0.2, -0.15) is 0 Å². The van der Waals surface area contributed by atoms with Crippen LogP contribution < -0.4 is 0 Å². The first-order chi connectivity index (χ1) is 7.16. The largest absolute Gasteiger partial charge is 0.393 e. The minimum Gasteiger partial charge on any atom is -0.393 e. The highest BCUT2D eigenvalue weighted by molar-refractivity contribution is 5.92. The average molecular weight is 204 g/mol. The van der Waals surface area contributed by atoms with E-state index in [-0.39, 0.29) is 5.92 Å². The van der Waals surface area contributed by atoms with Crippen molar-refractivity contribution in [1.82, 2.24) is 0 Å². The fourth-order valence-electron chi connectivity index (χ4n) is 1.80. The Morgan fingerprint density at radius 3 is 2.80 bits per heavy atom. The molecule has 78 valence electrons. The third-order valence-electron chi connectivity index (χ3n) is 2.58. The Balaban J connectivity index is 2.24. The molecule has 2 rings (SSSR count). The summed E-state index contributed by atoms with van der Waals surface area (Å²) in [6.45, 7) is 1.98. The lowest BCUT2D eigenvalue weighted by Crippen LogP contribution is -2.26. The molecule has 0 bridgehead atoms. The zero-order chi connectivity index (χ0) is 10.8. The topological polar surface area (TPSA) is 43.4 Å². The van der Waals surface area contributed by atoms with Crippen LogP contribution in [0.15, 0.2) is 24.3 Å². The molecule has 0 radical (unpaired) electrons. The summed E-state index contributed by atoms with van der Waals surface area (Å²) in [5.74, 6) is -1.11. The number of benzene rings is 1. The van der Waals surface area contributed by atoms with Crippen LogP contribution in [0, 0.1) is 6.92 Å². The maximum absolute atomic E-state index is 11.5. The van der Waals surface area contributed by atoms with Crippen LogP contribution in [0.25, 0.3) is 0 Å². The molecule has 1 saturated heterocycles. The molecule has 1 atom stereocenters. The molecule has 1 aliphatic heterocycles. The van der Waals surface area contributed by atoms with Gasteiger partial charge in [-0.3, -0.25) is 9.59 Å². The second kappa shape index (κ2) is 3.85. The van der Waals surface area contributed by atoms with Crippen molar-refractivity contribution in [3.63, 3.8) is 0 Å². The summed E-state index contributed by atoms with van der Waals surface area (Å²) in [4.78, 5) is 22.3. The first-order valence-corrected chi connectivity index (χ1v) is 4.98. The van der Waals surface area contributed by atoms with Crippen LogP contribution in [-0.4, -0.2) is 11.9 Å². The van der Waals surface area contributed by atoms with Crippen LogP contribution >= 0.6 is 0 Å². The van der Waals surface area contributed by atoms with Crippen LogP contribution in [0.4, 0.5) is 0 Å². The standard InChI is InChI=1S/C12H12O3/c1-8-3-2-4-9(7-8)10-5-6-11(13)15-12(10)14/h2-4,7,10H,5-6H2,1H3. The van der Waals surface area contributed by atoms with Gasteiger partial charge in [0.15, 0.2) is 0 Å². The molecule has 0 aliphatic carbocycles. The second-order valence-corrected chi connectivity index (χ2v) is 3.80. The van der Waals surface area contributed by atoms with Gasteiger partial charge in [0.1, 0.15) is 0 Å². The number of esters is 2. The van der Waals surface area contributed by atoms with Crippen molar-refractivity contribution in [2.45, 2.75) is 25.7 Å². The van der Waals surface area contributed by atoms with Gasteiger partial charge >= 0.3 is 11.9 Å². The molecule has 3 nitrogen and oxygen atoms in total. The molecule has 1 unspecified atom stereocenters. The molecule has 1 aromatic rings. The second-order valence-electron chi connectivity index (χ2n) is 3.80. The molecule has 1 aliphatic rings. The highest BCUT2D eigenvalue weighted by Gasteiger charge is 2.30. The minimum absolute atomic E-state index is 0.275. The monoisotopic (exact) mass is 204 g/mol. The molecule has 1 heterocycles. The third-order valence-corrected chi connectivity index (χ3v) is 2.58. The van der Waals surface area contributed by atoms with Gasteiger partial charge in [-0.05, 0) is 18.9 Å². The zero-order valence-corrected chi connectivity index (χ0v) is 8.53. The molecule has 1 fully saturated rings. The van der Waals surface area contributed by atoms with E-state index in [9.17, 15) is 9.59 Å². The molecular weight excluding hydrogens is 192 g/mol. The zero-order valence-electron chi connectivity index (χ0n) is 8.53. The summed E-state index contributed by atoms with van der Waals surface area (Å²) < 4.78 is 4.62. The minimum atomic E-state index is -0.420. The number of hydrogen-bond acceptors (Lipinski definition) is 3. The first kappa shape index (κ1) is 9.90. The van der Waals surface area contributed by atoms with Gasteiger partial charge in [-0.25, -0.2) is 0 Å². The van der Waals surface area contributed by atoms with Crippen molar-refractivity contribution in [2.75, 3.05) is 0 Å². The molecule has 0 spiro atoms. The number of carbonyl (C=O) groups is 2. The molecule has 1 aromatic carbocycles. The normalized spacial score (nSPS) is 21.3. The summed E-state index contributed by atoms with van der Waals surface area (Å²) >= 11 is 0. The van der Waals surface area contributed by atoms with Gasteiger partial charge in [0.2, 0.25) is 0 Å². The summed E-state index contributed by atoms with van der Waals surface area (Å²) in [5.41, 5.74) is 2.05. The van der Waals surface area contributed by atoms with Gasteiger partial charge in [-0.15, -0.1) is 0 Å². The Bertz CT molecular complexity index is 409. The number of hydrogen-bond donors (Lipinski definition) is 0. The van der Waals surface area contributed by atoms with E-state index in [1.165, 1.54) is 0 Å². The van der Waals surface area contributed by atoms with Crippen molar-refractivity contribution in [3.8, 4) is 0 Å². The Kier molecular flexibility index (Phi) is 2.54. The molecule has 0 aromatic heterocycles. The van der Waals surface area contributed by atoms with E-state index in [0.717, 1.165) is 11.1 Å². The third kappa shape index (κ3) is 2.06. The van der Waals surface area contributed by atoms with Gasteiger partial charge in [0.05, 0.1) is 5.92 Å². The maximum Gasteiger partial charge on any atom is 0.321 e. The van der Waals surface area contributed by atoms with Crippen molar-refractivity contribution in [1.29, 1.82) is 0 Å². The van der Waals surface area contributed by atoms with E-state index in [0.29, 0.717) is 12.8 Å². The summed E-state index contributed by atoms with van der Waals surface area (Å²) in [6.07, 6.45) is 0.880. The fraction of sp³-hybridized carbons (Fsp3) is 0.333. The van der Waals surface area contributed by atoms with Crippen LogP contribution in [0.5, 0.6) is 0 Å². The van der Waals surface area contributed by atoms with Crippen molar-refractivity contribution in [2.24, 2.45) is 0 Å². The van der Waals surface area contributed by atoms with Crippen molar-refractivity contribution >= 4 is 11.9 Å². The number of aryl methyl sites for hydroxylation is 1. The summed E-state index contributed by atoms with van der Waals surface area (Å²) in [7, 11) is 0. The Morgan fingerprint density at radius 1 is 1.33 bits per heavy atom. The van der Waals surface area contributed by atoms with Crippen LogP contribution in [0.2, 0.25) is 0 Å². The lowest BCUT2D eigenvalue weighted by atomic mass is 9.92. The Labute approximate surface area is 88.1 Å². The van der Waals surface area contributed by atoms with Crippen LogP contribution in [0.1, 0.15) is 29.9 Å². The van der Waals surface area contributed by atoms with Crippen molar-refractivity contribution in [3.05, 3.63) is 35.4 Å². The van der Waals surface area contributed by atoms with Crippen LogP contribution in [-0.2, 0) is 14.3 Å². The lowest BCUT2D eigenvalue weighted by molar-refractivity contribution is -0.164. The van der Waals surface area contributed by atoms with E-state index >= 15 is 0 Å². The smallest absolute Gasteiger partial charge is 0.321 e. The molecule has 0 saturated carbocycles. The number of rotatable bonds is 1. The SMILES string of the molecule is Cc1cccc(C2CCC(=O)OC2=O)c1. The molecular formula is C12H12O3.